The minimum Gasteiger partial charge on any atom is -0.496 e. The van der Waals surface area contributed by atoms with Gasteiger partial charge in [-0.3, -0.25) is 0 Å². The van der Waals surface area contributed by atoms with Crippen LogP contribution in [0.1, 0.15) is 16.0 Å². The first-order chi connectivity index (χ1) is 12.2. The van der Waals surface area contributed by atoms with Crippen molar-refractivity contribution < 1.29 is 9.47 Å². The van der Waals surface area contributed by atoms with Crippen LogP contribution in [0.3, 0.4) is 0 Å². The second-order valence-electron chi connectivity index (χ2n) is 6.10. The summed E-state index contributed by atoms with van der Waals surface area (Å²) in [5.41, 5.74) is 5.70. The Kier molecular flexibility index (Phi) is 4.09. The molecule has 25 heavy (non-hydrogen) atoms. The van der Waals surface area contributed by atoms with Crippen LogP contribution in [0, 0.1) is 6.92 Å². The predicted octanol–water partition coefficient (Wildman–Crippen LogP) is 4.98. The highest BCUT2D eigenvalue weighted by molar-refractivity contribution is 7.16. The van der Waals surface area contributed by atoms with E-state index in [2.05, 4.69) is 24.4 Å². The lowest BCUT2D eigenvalue weighted by molar-refractivity contribution is 0.411. The van der Waals surface area contributed by atoms with E-state index in [1.165, 1.54) is 16.0 Å². The molecule has 0 amide bonds. The zero-order chi connectivity index (χ0) is 17.4. The van der Waals surface area contributed by atoms with Crippen molar-refractivity contribution in [3.05, 3.63) is 52.4 Å². The van der Waals surface area contributed by atoms with Crippen molar-refractivity contribution >= 4 is 22.2 Å². The van der Waals surface area contributed by atoms with E-state index in [1.54, 1.807) is 25.6 Å². The number of hydrogen-bond donors (Lipinski definition) is 1. The number of aromatic nitrogens is 1. The third kappa shape index (κ3) is 2.85. The Balaban J connectivity index is 1.71. The fourth-order valence-electron chi connectivity index (χ4n) is 3.27. The van der Waals surface area contributed by atoms with Crippen LogP contribution >= 0.6 is 11.3 Å². The number of nitrogens with one attached hydrogen (secondary N) is 1. The molecule has 0 atom stereocenters. The van der Waals surface area contributed by atoms with Gasteiger partial charge in [-0.05, 0) is 55.2 Å². The molecular formula is C20H20N2O2S. The molecule has 3 aromatic rings. The minimum absolute atomic E-state index is 0.816. The molecule has 0 aliphatic heterocycles. The fourth-order valence-corrected chi connectivity index (χ4v) is 4.26. The molecule has 0 unspecified atom stereocenters. The maximum absolute atomic E-state index is 5.46. The zero-order valence-corrected chi connectivity index (χ0v) is 15.4. The molecule has 0 saturated heterocycles. The number of fused-ring (bicyclic) bond motifs is 3. The van der Waals surface area contributed by atoms with Gasteiger partial charge >= 0.3 is 0 Å². The summed E-state index contributed by atoms with van der Waals surface area (Å²) in [7, 11) is 3.40. The molecule has 128 valence electrons. The van der Waals surface area contributed by atoms with Gasteiger partial charge in [-0.1, -0.05) is 12.1 Å². The predicted molar refractivity (Wildman–Crippen MR) is 103 cm³/mol. The molecule has 1 heterocycles. The molecule has 5 heteroatoms. The minimum atomic E-state index is 0.816. The van der Waals surface area contributed by atoms with E-state index in [1.807, 2.05) is 24.3 Å². The van der Waals surface area contributed by atoms with Crippen LogP contribution < -0.4 is 14.8 Å². The van der Waals surface area contributed by atoms with Crippen LogP contribution in [-0.2, 0) is 12.8 Å². The molecule has 0 radical (unpaired) electrons. The van der Waals surface area contributed by atoms with Gasteiger partial charge in [-0.25, -0.2) is 4.98 Å². The number of hydrogen-bond acceptors (Lipinski definition) is 5. The lowest BCUT2D eigenvalue weighted by atomic mass is 9.91. The largest absolute Gasteiger partial charge is 0.496 e. The Morgan fingerprint density at radius 3 is 2.64 bits per heavy atom. The van der Waals surface area contributed by atoms with Gasteiger partial charge in [-0.15, -0.1) is 11.3 Å². The number of ether oxygens (including phenoxy) is 2. The van der Waals surface area contributed by atoms with Crippen molar-refractivity contribution in [2.45, 2.75) is 19.8 Å². The fraction of sp³-hybridized carbons (Fsp3) is 0.250. The first kappa shape index (κ1) is 16.0. The summed E-state index contributed by atoms with van der Waals surface area (Å²) in [5, 5.41) is 4.31. The highest BCUT2D eigenvalue weighted by Gasteiger charge is 2.22. The van der Waals surface area contributed by atoms with Gasteiger partial charge in [0.25, 0.3) is 0 Å². The summed E-state index contributed by atoms with van der Waals surface area (Å²) in [5.74, 6) is 1.77. The number of anilines is 2. The molecular weight excluding hydrogens is 332 g/mol. The maximum atomic E-state index is 5.46. The normalized spacial score (nSPS) is 12.3. The Bertz CT molecular complexity index is 933. The van der Waals surface area contributed by atoms with Crippen LogP contribution in [0.4, 0.5) is 10.8 Å². The zero-order valence-electron chi connectivity index (χ0n) is 14.6. The molecule has 1 aliphatic rings. The second-order valence-corrected chi connectivity index (χ2v) is 7.18. The number of aryl methyl sites for hydroxylation is 3. The van der Waals surface area contributed by atoms with Crippen molar-refractivity contribution in [1.82, 2.24) is 4.98 Å². The van der Waals surface area contributed by atoms with Crippen LogP contribution in [0.15, 0.2) is 36.4 Å². The summed E-state index contributed by atoms with van der Waals surface area (Å²) >= 11 is 1.72. The van der Waals surface area contributed by atoms with E-state index >= 15 is 0 Å². The summed E-state index contributed by atoms with van der Waals surface area (Å²) in [4.78, 5) is 6.20. The Morgan fingerprint density at radius 1 is 1.04 bits per heavy atom. The third-order valence-electron chi connectivity index (χ3n) is 4.54. The first-order valence-electron chi connectivity index (χ1n) is 8.27. The van der Waals surface area contributed by atoms with E-state index in [0.717, 1.165) is 46.4 Å². The number of benzene rings is 2. The van der Waals surface area contributed by atoms with Crippen LogP contribution in [0.5, 0.6) is 11.5 Å². The van der Waals surface area contributed by atoms with E-state index in [0.29, 0.717) is 0 Å². The van der Waals surface area contributed by atoms with Crippen LogP contribution in [0.25, 0.3) is 11.3 Å². The van der Waals surface area contributed by atoms with Gasteiger partial charge in [0, 0.05) is 10.4 Å². The molecule has 2 aromatic carbocycles. The van der Waals surface area contributed by atoms with Crippen molar-refractivity contribution in [3.63, 3.8) is 0 Å². The molecule has 1 aromatic heterocycles. The molecule has 4 nitrogen and oxygen atoms in total. The Morgan fingerprint density at radius 2 is 1.84 bits per heavy atom. The number of nitrogens with zero attached hydrogens (tertiary/aromatic N) is 1. The molecule has 4 rings (SSSR count). The van der Waals surface area contributed by atoms with Gasteiger partial charge in [0.05, 0.1) is 25.6 Å². The van der Waals surface area contributed by atoms with Crippen LogP contribution in [0.2, 0.25) is 0 Å². The Labute approximate surface area is 151 Å². The van der Waals surface area contributed by atoms with Gasteiger partial charge in [0.2, 0.25) is 0 Å². The quantitative estimate of drug-likeness (QED) is 0.719. The van der Waals surface area contributed by atoms with Crippen LogP contribution in [-0.4, -0.2) is 19.2 Å². The van der Waals surface area contributed by atoms with E-state index < -0.39 is 0 Å². The molecule has 1 aliphatic carbocycles. The molecule has 0 bridgehead atoms. The van der Waals surface area contributed by atoms with E-state index in [4.69, 9.17) is 14.5 Å². The van der Waals surface area contributed by atoms with Gasteiger partial charge in [0.1, 0.15) is 11.5 Å². The van der Waals surface area contributed by atoms with Crippen molar-refractivity contribution in [1.29, 1.82) is 0 Å². The van der Waals surface area contributed by atoms with Gasteiger partial charge in [-0.2, -0.15) is 0 Å². The lowest BCUT2D eigenvalue weighted by Gasteiger charge is -2.17. The van der Waals surface area contributed by atoms with Crippen molar-refractivity contribution in [2.24, 2.45) is 0 Å². The highest BCUT2D eigenvalue weighted by atomic mass is 32.1. The lowest BCUT2D eigenvalue weighted by Crippen LogP contribution is -2.03. The average Bonchev–Trinajstić information content (AvgIpc) is 3.04. The number of para-hydroxylation sites is 2. The summed E-state index contributed by atoms with van der Waals surface area (Å²) < 4.78 is 10.9. The topological polar surface area (TPSA) is 43.4 Å². The SMILES string of the molecule is COc1cc2c(cc1C)-c1nc(Nc3ccccc3OC)sc1CC2. The molecule has 0 saturated carbocycles. The first-order valence-corrected chi connectivity index (χ1v) is 9.09. The maximum Gasteiger partial charge on any atom is 0.188 e. The molecule has 0 spiro atoms. The number of methoxy groups -OCH3 is 2. The summed E-state index contributed by atoms with van der Waals surface area (Å²) in [6.07, 6.45) is 2.04. The van der Waals surface area contributed by atoms with Gasteiger partial charge in [0.15, 0.2) is 5.13 Å². The third-order valence-corrected chi connectivity index (χ3v) is 5.57. The summed E-state index contributed by atoms with van der Waals surface area (Å²) in [6.45, 7) is 2.08. The second kappa shape index (κ2) is 6.41. The molecule has 0 fully saturated rings. The summed E-state index contributed by atoms with van der Waals surface area (Å²) in [6, 6.07) is 12.2. The molecule has 1 N–H and O–H groups in total. The standard InChI is InChI=1S/C20H20N2O2S/c1-12-10-14-13(11-17(12)24-3)8-9-18-19(14)22-20(25-18)21-15-6-4-5-7-16(15)23-2/h4-7,10-11H,8-9H2,1-3H3,(H,21,22). The Hall–Kier alpha value is -2.53. The monoisotopic (exact) mass is 352 g/mol. The average molecular weight is 352 g/mol. The van der Waals surface area contributed by atoms with E-state index in [-0.39, 0.29) is 0 Å². The van der Waals surface area contributed by atoms with Crippen molar-refractivity contribution in [3.8, 4) is 22.8 Å². The number of rotatable bonds is 4. The van der Waals surface area contributed by atoms with E-state index in [9.17, 15) is 0 Å². The highest BCUT2D eigenvalue weighted by Crippen LogP contribution is 2.41. The van der Waals surface area contributed by atoms with Gasteiger partial charge < -0.3 is 14.8 Å². The smallest absolute Gasteiger partial charge is 0.188 e. The van der Waals surface area contributed by atoms with Crippen molar-refractivity contribution in [2.75, 3.05) is 19.5 Å². The number of thiazole rings is 1.